The van der Waals surface area contributed by atoms with E-state index in [-0.39, 0.29) is 25.0 Å². The average molecular weight is 182 g/mol. The largest absolute Gasteiger partial charge is 1.00 e. The van der Waals surface area contributed by atoms with Crippen LogP contribution in [0.15, 0.2) is 0 Å². The van der Waals surface area contributed by atoms with Crippen LogP contribution in [-0.2, 0) is 14.2 Å². The van der Waals surface area contributed by atoms with Crippen molar-refractivity contribution in [2.45, 2.75) is 19.4 Å². The molecule has 1 atom stereocenters. The molecule has 3 nitrogen and oxygen atoms in total. The Balaban J connectivity index is 0. The van der Waals surface area contributed by atoms with Gasteiger partial charge in [0.2, 0.25) is 0 Å². The second-order valence-electron chi connectivity index (χ2n) is 2.51. The van der Waals surface area contributed by atoms with Gasteiger partial charge < -0.3 is 21.1 Å². The fraction of sp³-hybridized carbons (Fsp3) is 0.889. The SMILES string of the molecule is [CH2-]C(CC)OCCOCCOC.[Li+]. The zero-order valence-corrected chi connectivity index (χ0v) is 9.04. The van der Waals surface area contributed by atoms with E-state index in [2.05, 4.69) is 6.92 Å². The predicted molar refractivity (Wildman–Crippen MR) is 48.1 cm³/mol. The molecule has 1 unspecified atom stereocenters. The Labute approximate surface area is 93.3 Å². The van der Waals surface area contributed by atoms with Crippen LogP contribution in [0.3, 0.4) is 0 Å². The second-order valence-corrected chi connectivity index (χ2v) is 2.51. The van der Waals surface area contributed by atoms with Crippen molar-refractivity contribution in [2.24, 2.45) is 0 Å². The fourth-order valence-electron chi connectivity index (χ4n) is 0.636. The minimum Gasteiger partial charge on any atom is -0.408 e. The quantitative estimate of drug-likeness (QED) is 0.254. The van der Waals surface area contributed by atoms with Crippen LogP contribution in [0, 0.1) is 6.92 Å². The molecule has 0 aromatic carbocycles. The van der Waals surface area contributed by atoms with E-state index in [4.69, 9.17) is 14.2 Å². The van der Waals surface area contributed by atoms with Crippen molar-refractivity contribution in [3.63, 3.8) is 0 Å². The first-order valence-corrected chi connectivity index (χ1v) is 4.32. The first-order chi connectivity index (χ1) is 5.81. The topological polar surface area (TPSA) is 27.7 Å². The second kappa shape index (κ2) is 12.5. The van der Waals surface area contributed by atoms with Gasteiger partial charge in [-0.25, -0.2) is 0 Å². The third-order valence-corrected chi connectivity index (χ3v) is 1.47. The van der Waals surface area contributed by atoms with E-state index in [1.54, 1.807) is 7.11 Å². The molecule has 0 aromatic heterocycles. The van der Waals surface area contributed by atoms with Gasteiger partial charge in [0, 0.05) is 7.11 Å². The minimum atomic E-state index is 0. The normalized spacial score (nSPS) is 12.2. The van der Waals surface area contributed by atoms with Crippen molar-refractivity contribution < 1.29 is 33.1 Å². The summed E-state index contributed by atoms with van der Waals surface area (Å²) < 4.78 is 15.3. The third-order valence-electron chi connectivity index (χ3n) is 1.47. The molecule has 0 amide bonds. The van der Waals surface area contributed by atoms with Crippen molar-refractivity contribution >= 4 is 0 Å². The number of hydrogen-bond acceptors (Lipinski definition) is 3. The van der Waals surface area contributed by atoms with Crippen LogP contribution in [0.1, 0.15) is 13.3 Å². The van der Waals surface area contributed by atoms with Crippen molar-refractivity contribution in [1.82, 2.24) is 0 Å². The molecule has 0 N–H and O–H groups in total. The van der Waals surface area contributed by atoms with Crippen molar-refractivity contribution in [3.8, 4) is 0 Å². The molecule has 0 fully saturated rings. The summed E-state index contributed by atoms with van der Waals surface area (Å²) in [7, 11) is 1.66. The molecule has 13 heavy (non-hydrogen) atoms. The number of ether oxygens (including phenoxy) is 3. The van der Waals surface area contributed by atoms with Crippen molar-refractivity contribution in [1.29, 1.82) is 0 Å². The molecule has 74 valence electrons. The van der Waals surface area contributed by atoms with Gasteiger partial charge in [0.1, 0.15) is 0 Å². The van der Waals surface area contributed by atoms with E-state index in [0.717, 1.165) is 6.42 Å². The van der Waals surface area contributed by atoms with Crippen LogP contribution in [0.2, 0.25) is 0 Å². The summed E-state index contributed by atoms with van der Waals surface area (Å²) in [6.45, 7) is 8.34. The Morgan fingerprint density at radius 2 is 1.77 bits per heavy atom. The third kappa shape index (κ3) is 12.5. The molecule has 0 aliphatic heterocycles. The molecule has 0 spiro atoms. The van der Waals surface area contributed by atoms with Gasteiger partial charge in [-0.15, -0.1) is 0 Å². The van der Waals surface area contributed by atoms with Gasteiger partial charge in [-0.3, -0.25) is 0 Å². The number of rotatable bonds is 8. The summed E-state index contributed by atoms with van der Waals surface area (Å²) in [6, 6.07) is 0. The molecular formula is C9H19LiO3. The molecule has 0 rings (SSSR count). The zero-order valence-electron chi connectivity index (χ0n) is 9.04. The standard InChI is InChI=1S/C9H19O3.Li/c1-4-9(2)12-8-7-11-6-5-10-3;/h9H,2,4-8H2,1,3H3;/q-1;+1. The Morgan fingerprint density at radius 3 is 2.31 bits per heavy atom. The van der Waals surface area contributed by atoms with Crippen molar-refractivity contribution in [2.75, 3.05) is 33.5 Å². The summed E-state index contributed by atoms with van der Waals surface area (Å²) >= 11 is 0. The summed E-state index contributed by atoms with van der Waals surface area (Å²) in [5, 5.41) is 0. The molecule has 0 saturated carbocycles. The van der Waals surface area contributed by atoms with Gasteiger partial charge in [0.05, 0.1) is 26.4 Å². The molecule has 0 saturated heterocycles. The minimum absolute atomic E-state index is 0. The molecule has 0 aromatic rings. The predicted octanol–water partition coefficient (Wildman–Crippen LogP) is -1.72. The van der Waals surface area contributed by atoms with E-state index in [9.17, 15) is 0 Å². The van der Waals surface area contributed by atoms with Crippen LogP contribution in [0.4, 0.5) is 0 Å². The zero-order chi connectivity index (χ0) is 9.23. The molecule has 0 heterocycles. The van der Waals surface area contributed by atoms with E-state index < -0.39 is 0 Å². The monoisotopic (exact) mass is 182 g/mol. The van der Waals surface area contributed by atoms with Crippen molar-refractivity contribution in [3.05, 3.63) is 6.92 Å². The van der Waals surface area contributed by atoms with Crippen LogP contribution in [-0.4, -0.2) is 39.6 Å². The smallest absolute Gasteiger partial charge is 0.408 e. The Morgan fingerprint density at radius 1 is 1.15 bits per heavy atom. The summed E-state index contributed by atoms with van der Waals surface area (Å²) in [4.78, 5) is 0. The van der Waals surface area contributed by atoms with Crippen LogP contribution in [0.25, 0.3) is 0 Å². The van der Waals surface area contributed by atoms with Gasteiger partial charge in [-0.2, -0.15) is 0 Å². The summed E-state index contributed by atoms with van der Waals surface area (Å²) in [6.07, 6.45) is 1.04. The number of hydrogen-bond donors (Lipinski definition) is 0. The maximum absolute atomic E-state index is 5.29. The fourth-order valence-corrected chi connectivity index (χ4v) is 0.636. The maximum atomic E-state index is 5.29. The number of methoxy groups -OCH3 is 1. The Hall–Kier alpha value is 0.477. The van der Waals surface area contributed by atoms with Crippen LogP contribution < -0.4 is 18.9 Å². The Bertz CT molecular complexity index is 90.9. The van der Waals surface area contributed by atoms with Gasteiger partial charge in [-0.05, 0) is 0 Å². The van der Waals surface area contributed by atoms with Gasteiger partial charge in [0.25, 0.3) is 0 Å². The molecule has 0 aliphatic rings. The van der Waals surface area contributed by atoms with Gasteiger partial charge in [0.15, 0.2) is 0 Å². The molecule has 0 radical (unpaired) electrons. The molecule has 0 bridgehead atoms. The molecular weight excluding hydrogens is 163 g/mol. The first kappa shape index (κ1) is 15.9. The maximum Gasteiger partial charge on any atom is 1.00 e. The molecule has 4 heteroatoms. The van der Waals surface area contributed by atoms with E-state index in [0.29, 0.717) is 26.4 Å². The Kier molecular flexibility index (Phi) is 15.3. The first-order valence-electron chi connectivity index (χ1n) is 4.32. The van der Waals surface area contributed by atoms with E-state index in [1.807, 2.05) is 6.92 Å². The van der Waals surface area contributed by atoms with Crippen LogP contribution >= 0.6 is 0 Å². The summed E-state index contributed by atoms with van der Waals surface area (Å²) in [5.41, 5.74) is 0. The van der Waals surface area contributed by atoms with Crippen LogP contribution in [0.5, 0.6) is 0 Å². The van der Waals surface area contributed by atoms with Gasteiger partial charge >= 0.3 is 18.9 Å². The van der Waals surface area contributed by atoms with E-state index in [1.165, 1.54) is 0 Å². The average Bonchev–Trinajstić information content (AvgIpc) is 2.10. The van der Waals surface area contributed by atoms with Gasteiger partial charge in [-0.1, -0.05) is 19.4 Å². The van der Waals surface area contributed by atoms with E-state index >= 15 is 0 Å². The molecule has 0 aliphatic carbocycles. The summed E-state index contributed by atoms with van der Waals surface area (Å²) in [5.74, 6) is 0.